The molecule has 0 aromatic rings. The molecule has 0 spiro atoms. The van der Waals surface area contributed by atoms with Crippen LogP contribution in [0.4, 0.5) is 0 Å². The van der Waals surface area contributed by atoms with E-state index < -0.39 is 0 Å². The summed E-state index contributed by atoms with van der Waals surface area (Å²) in [6, 6.07) is 0.634. The second-order valence-corrected chi connectivity index (χ2v) is 7.32. The molecule has 0 aromatic heterocycles. The molecule has 2 saturated carbocycles. The van der Waals surface area contributed by atoms with Crippen molar-refractivity contribution in [2.75, 3.05) is 26.4 Å². The van der Waals surface area contributed by atoms with Crippen LogP contribution in [0.15, 0.2) is 0 Å². The Hall–Kier alpha value is -0.120. The lowest BCUT2D eigenvalue weighted by atomic mass is 9.68. The number of nitrogens with one attached hydrogen (secondary N) is 1. The minimum atomic E-state index is 0.247. The first-order valence-corrected chi connectivity index (χ1v) is 7.45. The van der Waals surface area contributed by atoms with Crippen LogP contribution >= 0.6 is 0 Å². The molecular formula is C15H27NO2. The Labute approximate surface area is 111 Å². The van der Waals surface area contributed by atoms with Crippen molar-refractivity contribution in [3.05, 3.63) is 0 Å². The molecule has 0 radical (unpaired) electrons. The van der Waals surface area contributed by atoms with Crippen LogP contribution in [0.3, 0.4) is 0 Å². The van der Waals surface area contributed by atoms with Gasteiger partial charge in [0.25, 0.3) is 0 Å². The Morgan fingerprint density at radius 3 is 2.67 bits per heavy atom. The fraction of sp³-hybridized carbons (Fsp3) is 1.00. The molecule has 4 unspecified atom stereocenters. The first kappa shape index (κ1) is 12.9. The molecule has 3 fully saturated rings. The van der Waals surface area contributed by atoms with Gasteiger partial charge in [0.05, 0.1) is 25.9 Å². The van der Waals surface area contributed by atoms with Gasteiger partial charge in [0.2, 0.25) is 0 Å². The van der Waals surface area contributed by atoms with E-state index in [1.807, 2.05) is 0 Å². The minimum absolute atomic E-state index is 0.247. The predicted molar refractivity (Wildman–Crippen MR) is 71.6 cm³/mol. The SMILES string of the molecule is CC12CCC(C1)C(C)(C)C2NCC1COCCO1. The molecule has 4 atom stereocenters. The predicted octanol–water partition coefficient (Wildman–Crippen LogP) is 2.21. The van der Waals surface area contributed by atoms with Gasteiger partial charge in [-0.05, 0) is 36.0 Å². The van der Waals surface area contributed by atoms with E-state index in [4.69, 9.17) is 9.47 Å². The van der Waals surface area contributed by atoms with Crippen LogP contribution in [0.25, 0.3) is 0 Å². The van der Waals surface area contributed by atoms with Gasteiger partial charge in [0, 0.05) is 12.6 Å². The van der Waals surface area contributed by atoms with Gasteiger partial charge >= 0.3 is 0 Å². The number of hydrogen-bond donors (Lipinski definition) is 1. The molecule has 1 aliphatic heterocycles. The summed E-state index contributed by atoms with van der Waals surface area (Å²) in [7, 11) is 0. The average Bonchev–Trinajstić information content (AvgIpc) is 2.81. The summed E-state index contributed by atoms with van der Waals surface area (Å²) in [5.41, 5.74) is 0.937. The molecule has 3 heteroatoms. The number of fused-ring (bicyclic) bond motifs is 2. The molecule has 18 heavy (non-hydrogen) atoms. The zero-order valence-electron chi connectivity index (χ0n) is 12.0. The molecule has 2 bridgehead atoms. The molecule has 3 nitrogen and oxygen atoms in total. The molecule has 0 amide bonds. The molecule has 3 rings (SSSR count). The van der Waals surface area contributed by atoms with E-state index >= 15 is 0 Å². The van der Waals surface area contributed by atoms with Crippen LogP contribution < -0.4 is 5.32 Å². The van der Waals surface area contributed by atoms with E-state index in [0.717, 1.165) is 32.3 Å². The molecule has 3 aliphatic rings. The van der Waals surface area contributed by atoms with Gasteiger partial charge in [-0.1, -0.05) is 20.8 Å². The molecule has 2 aliphatic carbocycles. The Morgan fingerprint density at radius 1 is 1.22 bits per heavy atom. The van der Waals surface area contributed by atoms with E-state index in [0.29, 0.717) is 16.9 Å². The lowest BCUT2D eigenvalue weighted by Gasteiger charge is -2.44. The van der Waals surface area contributed by atoms with Crippen molar-refractivity contribution in [1.82, 2.24) is 5.32 Å². The van der Waals surface area contributed by atoms with Crippen molar-refractivity contribution in [3.8, 4) is 0 Å². The standard InChI is InChI=1S/C15H27NO2/c1-14(2)11-4-5-15(3,8-11)13(14)16-9-12-10-17-6-7-18-12/h11-13,16H,4-10H2,1-3H3. The maximum Gasteiger partial charge on any atom is 0.0933 e. The maximum atomic E-state index is 5.73. The lowest BCUT2D eigenvalue weighted by Crippen LogP contribution is -2.53. The van der Waals surface area contributed by atoms with Gasteiger partial charge in [-0.3, -0.25) is 0 Å². The van der Waals surface area contributed by atoms with Crippen LogP contribution in [-0.2, 0) is 9.47 Å². The van der Waals surface area contributed by atoms with Gasteiger partial charge in [0.15, 0.2) is 0 Å². The van der Waals surface area contributed by atoms with Crippen molar-refractivity contribution >= 4 is 0 Å². The Kier molecular flexibility index (Phi) is 3.20. The van der Waals surface area contributed by atoms with Gasteiger partial charge in [-0.25, -0.2) is 0 Å². The first-order chi connectivity index (χ1) is 8.52. The Balaban J connectivity index is 1.61. The van der Waals surface area contributed by atoms with E-state index in [2.05, 4.69) is 26.1 Å². The quantitative estimate of drug-likeness (QED) is 0.836. The number of ether oxygens (including phenoxy) is 2. The largest absolute Gasteiger partial charge is 0.376 e. The van der Waals surface area contributed by atoms with Crippen molar-refractivity contribution < 1.29 is 9.47 Å². The van der Waals surface area contributed by atoms with Gasteiger partial charge in [0.1, 0.15) is 0 Å². The smallest absolute Gasteiger partial charge is 0.0933 e. The normalized spacial score (nSPS) is 46.5. The lowest BCUT2D eigenvalue weighted by molar-refractivity contribution is -0.0894. The highest BCUT2D eigenvalue weighted by Gasteiger charge is 2.58. The molecule has 104 valence electrons. The van der Waals surface area contributed by atoms with Gasteiger partial charge in [-0.2, -0.15) is 0 Å². The van der Waals surface area contributed by atoms with E-state index in [1.54, 1.807) is 0 Å². The fourth-order valence-electron chi connectivity index (χ4n) is 4.72. The van der Waals surface area contributed by atoms with Crippen LogP contribution in [-0.4, -0.2) is 38.5 Å². The first-order valence-electron chi connectivity index (χ1n) is 7.45. The van der Waals surface area contributed by atoms with Gasteiger partial charge < -0.3 is 14.8 Å². The third-order valence-corrected chi connectivity index (χ3v) is 5.70. The molecule has 0 aromatic carbocycles. The van der Waals surface area contributed by atoms with E-state index in [9.17, 15) is 0 Å². The molecule has 1 N–H and O–H groups in total. The summed E-state index contributed by atoms with van der Waals surface area (Å²) in [5.74, 6) is 0.906. The third-order valence-electron chi connectivity index (χ3n) is 5.70. The number of rotatable bonds is 3. The molecule has 1 saturated heterocycles. The van der Waals surface area contributed by atoms with E-state index in [-0.39, 0.29) is 6.10 Å². The maximum absolute atomic E-state index is 5.73. The van der Waals surface area contributed by atoms with Crippen LogP contribution in [0, 0.1) is 16.7 Å². The highest BCUT2D eigenvalue weighted by atomic mass is 16.6. The number of hydrogen-bond acceptors (Lipinski definition) is 3. The third kappa shape index (κ3) is 2.00. The van der Waals surface area contributed by atoms with Crippen molar-refractivity contribution in [2.24, 2.45) is 16.7 Å². The molecular weight excluding hydrogens is 226 g/mol. The summed E-state index contributed by atoms with van der Waals surface area (Å²) in [6.45, 7) is 10.6. The average molecular weight is 253 g/mol. The van der Waals surface area contributed by atoms with Crippen molar-refractivity contribution in [3.63, 3.8) is 0 Å². The van der Waals surface area contributed by atoms with Crippen molar-refractivity contribution in [1.29, 1.82) is 0 Å². The van der Waals surface area contributed by atoms with Crippen LogP contribution in [0.2, 0.25) is 0 Å². The Bertz CT molecular complexity index is 307. The summed E-state index contributed by atoms with van der Waals surface area (Å²) in [4.78, 5) is 0. The fourth-order valence-corrected chi connectivity index (χ4v) is 4.72. The highest BCUT2D eigenvalue weighted by Crippen LogP contribution is 2.62. The van der Waals surface area contributed by atoms with Crippen LogP contribution in [0.1, 0.15) is 40.0 Å². The second-order valence-electron chi connectivity index (χ2n) is 7.32. The summed E-state index contributed by atoms with van der Waals surface area (Å²) in [6.07, 6.45) is 4.46. The summed E-state index contributed by atoms with van der Waals surface area (Å²) in [5, 5.41) is 3.81. The van der Waals surface area contributed by atoms with Gasteiger partial charge in [-0.15, -0.1) is 0 Å². The second kappa shape index (κ2) is 4.46. The minimum Gasteiger partial charge on any atom is -0.376 e. The van der Waals surface area contributed by atoms with Crippen LogP contribution in [0.5, 0.6) is 0 Å². The zero-order chi connectivity index (χ0) is 12.8. The summed E-state index contributed by atoms with van der Waals surface area (Å²) < 4.78 is 11.2. The Morgan fingerprint density at radius 2 is 2.06 bits per heavy atom. The monoisotopic (exact) mass is 253 g/mol. The topological polar surface area (TPSA) is 30.5 Å². The molecule has 1 heterocycles. The highest BCUT2D eigenvalue weighted by molar-refractivity contribution is 5.12. The summed E-state index contributed by atoms with van der Waals surface area (Å²) >= 11 is 0. The van der Waals surface area contributed by atoms with Crippen molar-refractivity contribution in [2.45, 2.75) is 52.2 Å². The zero-order valence-corrected chi connectivity index (χ0v) is 12.0. The van der Waals surface area contributed by atoms with E-state index in [1.165, 1.54) is 19.3 Å².